The van der Waals surface area contributed by atoms with Crippen LogP contribution >= 0.6 is 0 Å². The molecule has 0 bridgehead atoms. The molecule has 0 radical (unpaired) electrons. The molecule has 0 aromatic heterocycles. The third-order valence-electron chi connectivity index (χ3n) is 3.44. The predicted octanol–water partition coefficient (Wildman–Crippen LogP) is 2.51. The van der Waals surface area contributed by atoms with Gasteiger partial charge in [0.15, 0.2) is 0 Å². The molecule has 1 aliphatic heterocycles. The minimum atomic E-state index is 0.511. The largest absolute Gasteiger partial charge is 0.290 e. The Kier molecular flexibility index (Phi) is 1.25. The molecule has 62 valence electrons. The van der Waals surface area contributed by atoms with Crippen LogP contribution in [0.1, 0.15) is 34.1 Å². The summed E-state index contributed by atoms with van der Waals surface area (Å²) in [6, 6.07) is 0.659. The highest BCUT2D eigenvalue weighted by atomic mass is 15.0. The van der Waals surface area contributed by atoms with Crippen molar-refractivity contribution in [3.63, 3.8) is 0 Å². The van der Waals surface area contributed by atoms with Gasteiger partial charge >= 0.3 is 0 Å². The lowest BCUT2D eigenvalue weighted by atomic mass is 9.94. The SMILES string of the molecule is CC1=NC2C(C(C)C1)C2(C)C. The highest BCUT2D eigenvalue weighted by Gasteiger charge is 2.61. The molecule has 2 aliphatic rings. The summed E-state index contributed by atoms with van der Waals surface area (Å²) in [5, 5.41) is 0. The van der Waals surface area contributed by atoms with Gasteiger partial charge in [0, 0.05) is 5.71 Å². The summed E-state index contributed by atoms with van der Waals surface area (Å²) in [6.07, 6.45) is 1.23. The van der Waals surface area contributed by atoms with Crippen LogP contribution in [0.5, 0.6) is 0 Å². The molecule has 0 amide bonds. The van der Waals surface area contributed by atoms with Gasteiger partial charge < -0.3 is 0 Å². The van der Waals surface area contributed by atoms with E-state index in [1.165, 1.54) is 12.1 Å². The minimum Gasteiger partial charge on any atom is -0.290 e. The van der Waals surface area contributed by atoms with Crippen LogP contribution < -0.4 is 0 Å². The molecule has 0 N–H and O–H groups in total. The first-order valence-electron chi connectivity index (χ1n) is 4.56. The fourth-order valence-corrected chi connectivity index (χ4v) is 2.82. The molecule has 0 saturated heterocycles. The van der Waals surface area contributed by atoms with Crippen LogP contribution in [0.3, 0.4) is 0 Å². The lowest BCUT2D eigenvalue weighted by molar-refractivity contribution is 0.431. The molecule has 0 spiro atoms. The molecule has 0 aromatic rings. The van der Waals surface area contributed by atoms with Crippen LogP contribution in [-0.2, 0) is 0 Å². The zero-order valence-electron chi connectivity index (χ0n) is 7.89. The first kappa shape index (κ1) is 7.33. The van der Waals surface area contributed by atoms with E-state index in [-0.39, 0.29) is 0 Å². The summed E-state index contributed by atoms with van der Waals surface area (Å²) in [6.45, 7) is 9.23. The van der Waals surface area contributed by atoms with E-state index in [0.29, 0.717) is 11.5 Å². The van der Waals surface area contributed by atoms with Crippen LogP contribution in [-0.4, -0.2) is 11.8 Å². The Morgan fingerprint density at radius 1 is 1.45 bits per heavy atom. The summed E-state index contributed by atoms with van der Waals surface area (Å²) in [4.78, 5) is 4.68. The molecule has 1 heterocycles. The molecule has 0 aromatic carbocycles. The first-order chi connectivity index (χ1) is 5.03. The number of aliphatic imine (C=N–C) groups is 1. The minimum absolute atomic E-state index is 0.511. The van der Waals surface area contributed by atoms with Gasteiger partial charge in [-0.2, -0.15) is 0 Å². The second-order valence-electron chi connectivity index (χ2n) is 4.84. The van der Waals surface area contributed by atoms with Crippen LogP contribution in [0.2, 0.25) is 0 Å². The van der Waals surface area contributed by atoms with Crippen molar-refractivity contribution in [2.24, 2.45) is 22.2 Å². The number of fused-ring (bicyclic) bond motifs is 1. The Balaban J connectivity index is 2.25. The molecule has 3 unspecified atom stereocenters. The second kappa shape index (κ2) is 1.88. The van der Waals surface area contributed by atoms with Crippen LogP contribution in [0, 0.1) is 17.3 Å². The lowest BCUT2D eigenvalue weighted by Crippen LogP contribution is -2.12. The molecule has 1 nitrogen and oxygen atoms in total. The van der Waals surface area contributed by atoms with E-state index in [4.69, 9.17) is 0 Å². The van der Waals surface area contributed by atoms with Crippen molar-refractivity contribution in [3.8, 4) is 0 Å². The highest BCUT2D eigenvalue weighted by molar-refractivity contribution is 5.83. The molecule has 2 rings (SSSR count). The molecule has 1 fully saturated rings. The topological polar surface area (TPSA) is 12.4 Å². The number of rotatable bonds is 0. The van der Waals surface area contributed by atoms with Gasteiger partial charge in [-0.1, -0.05) is 20.8 Å². The van der Waals surface area contributed by atoms with Crippen molar-refractivity contribution < 1.29 is 0 Å². The van der Waals surface area contributed by atoms with Crippen LogP contribution in [0.25, 0.3) is 0 Å². The van der Waals surface area contributed by atoms with Crippen LogP contribution in [0.4, 0.5) is 0 Å². The summed E-state index contributed by atoms with van der Waals surface area (Å²) < 4.78 is 0. The maximum atomic E-state index is 4.68. The standard InChI is InChI=1S/C10H17N/c1-6-5-7(2)11-9-8(6)10(9,3)4/h6,8-9H,5H2,1-4H3. The van der Waals surface area contributed by atoms with E-state index in [9.17, 15) is 0 Å². The average molecular weight is 151 g/mol. The van der Waals surface area contributed by atoms with Crippen LogP contribution in [0.15, 0.2) is 4.99 Å². The van der Waals surface area contributed by atoms with Gasteiger partial charge in [-0.15, -0.1) is 0 Å². The predicted molar refractivity (Wildman–Crippen MR) is 47.9 cm³/mol. The quantitative estimate of drug-likeness (QED) is 0.504. The van der Waals surface area contributed by atoms with E-state index < -0.39 is 0 Å². The zero-order valence-corrected chi connectivity index (χ0v) is 7.89. The van der Waals surface area contributed by atoms with Gasteiger partial charge in [-0.3, -0.25) is 4.99 Å². The molecular formula is C10H17N. The van der Waals surface area contributed by atoms with Crippen molar-refractivity contribution in [3.05, 3.63) is 0 Å². The van der Waals surface area contributed by atoms with Gasteiger partial charge in [0.2, 0.25) is 0 Å². The molecule has 1 heteroatoms. The Hall–Kier alpha value is -0.330. The summed E-state index contributed by atoms with van der Waals surface area (Å²) in [5.41, 5.74) is 1.88. The summed E-state index contributed by atoms with van der Waals surface area (Å²) >= 11 is 0. The van der Waals surface area contributed by atoms with Gasteiger partial charge in [-0.25, -0.2) is 0 Å². The highest BCUT2D eigenvalue weighted by Crippen LogP contribution is 2.60. The maximum absolute atomic E-state index is 4.68. The Morgan fingerprint density at radius 3 is 2.64 bits per heavy atom. The normalized spacial score (nSPS) is 46.2. The molecule has 3 atom stereocenters. The zero-order chi connectivity index (χ0) is 8.22. The van der Waals surface area contributed by atoms with Crippen molar-refractivity contribution in [2.75, 3.05) is 0 Å². The third kappa shape index (κ3) is 0.863. The number of nitrogens with zero attached hydrogens (tertiary/aromatic N) is 1. The molecule has 1 aliphatic carbocycles. The lowest BCUT2D eigenvalue weighted by Gasteiger charge is -2.14. The fraction of sp³-hybridized carbons (Fsp3) is 0.900. The Labute approximate surface area is 68.9 Å². The summed E-state index contributed by atoms with van der Waals surface area (Å²) in [5.74, 6) is 1.75. The second-order valence-corrected chi connectivity index (χ2v) is 4.84. The van der Waals surface area contributed by atoms with E-state index in [1.807, 2.05) is 0 Å². The van der Waals surface area contributed by atoms with E-state index in [2.05, 4.69) is 32.7 Å². The van der Waals surface area contributed by atoms with Crippen molar-refractivity contribution in [1.29, 1.82) is 0 Å². The van der Waals surface area contributed by atoms with E-state index in [0.717, 1.165) is 11.8 Å². The Bertz CT molecular complexity index is 215. The summed E-state index contributed by atoms with van der Waals surface area (Å²) in [7, 11) is 0. The smallest absolute Gasteiger partial charge is 0.0589 e. The van der Waals surface area contributed by atoms with Gasteiger partial charge in [-0.05, 0) is 30.6 Å². The van der Waals surface area contributed by atoms with Gasteiger partial charge in [0.25, 0.3) is 0 Å². The Morgan fingerprint density at radius 2 is 2.09 bits per heavy atom. The number of hydrogen-bond acceptors (Lipinski definition) is 1. The maximum Gasteiger partial charge on any atom is 0.0589 e. The van der Waals surface area contributed by atoms with E-state index in [1.54, 1.807) is 0 Å². The molecular weight excluding hydrogens is 134 g/mol. The third-order valence-corrected chi connectivity index (χ3v) is 3.44. The number of hydrogen-bond donors (Lipinski definition) is 0. The molecule has 1 saturated carbocycles. The van der Waals surface area contributed by atoms with Crippen molar-refractivity contribution in [1.82, 2.24) is 0 Å². The molecule has 11 heavy (non-hydrogen) atoms. The fourth-order valence-electron chi connectivity index (χ4n) is 2.82. The van der Waals surface area contributed by atoms with E-state index >= 15 is 0 Å². The van der Waals surface area contributed by atoms with Crippen molar-refractivity contribution in [2.45, 2.75) is 40.2 Å². The average Bonchev–Trinajstić information content (AvgIpc) is 2.34. The van der Waals surface area contributed by atoms with Gasteiger partial charge in [0.05, 0.1) is 6.04 Å². The van der Waals surface area contributed by atoms with Gasteiger partial charge in [0.1, 0.15) is 0 Å². The van der Waals surface area contributed by atoms with Crippen molar-refractivity contribution >= 4 is 5.71 Å². The monoisotopic (exact) mass is 151 g/mol. The first-order valence-corrected chi connectivity index (χ1v) is 4.56.